The van der Waals surface area contributed by atoms with Crippen LogP contribution in [0, 0.1) is 0 Å². The van der Waals surface area contributed by atoms with Crippen molar-refractivity contribution >= 4 is 17.7 Å². The van der Waals surface area contributed by atoms with Gasteiger partial charge in [-0.1, -0.05) is 31.4 Å². The van der Waals surface area contributed by atoms with Gasteiger partial charge in [0.15, 0.2) is 0 Å². The minimum atomic E-state index is -1.58. The second kappa shape index (κ2) is 10.8. The number of hydrogen-bond acceptors (Lipinski definition) is 6. The van der Waals surface area contributed by atoms with Crippen LogP contribution in [0.5, 0.6) is 5.75 Å². The van der Waals surface area contributed by atoms with E-state index in [0.717, 1.165) is 49.8 Å². The maximum Gasteiger partial charge on any atom is 0.328 e. The molecule has 1 saturated carbocycles. The zero-order valence-electron chi connectivity index (χ0n) is 18.3. The maximum absolute atomic E-state index is 12.9. The topological polar surface area (TPSA) is 93.1 Å². The molecule has 1 heterocycles. The standard InChI is InChI=1S/C24H33NO6/c1-30-19-12-10-18(11-13-19)8-7-17-31-23(28)20-9-3-6-16-25(20)22(27)21(26)24(29)14-4-2-5-15-24/h10-13,20,29H,2-9,14-17H2,1H3. The molecule has 0 bridgehead atoms. The molecule has 7 heteroatoms. The second-order valence-corrected chi connectivity index (χ2v) is 8.55. The third-order valence-corrected chi connectivity index (χ3v) is 6.35. The summed E-state index contributed by atoms with van der Waals surface area (Å²) in [5, 5.41) is 10.7. The highest BCUT2D eigenvalue weighted by Gasteiger charge is 2.45. The fourth-order valence-corrected chi connectivity index (χ4v) is 4.45. The van der Waals surface area contributed by atoms with E-state index in [4.69, 9.17) is 9.47 Å². The van der Waals surface area contributed by atoms with Gasteiger partial charge < -0.3 is 19.5 Å². The first-order valence-corrected chi connectivity index (χ1v) is 11.3. The number of Topliss-reactive ketones (excluding diaryl/α,β-unsaturated/α-hetero) is 1. The van der Waals surface area contributed by atoms with Crippen LogP contribution in [0.4, 0.5) is 0 Å². The molecule has 1 saturated heterocycles. The van der Waals surface area contributed by atoms with Crippen LogP contribution in [0.15, 0.2) is 24.3 Å². The molecule has 1 atom stereocenters. The summed E-state index contributed by atoms with van der Waals surface area (Å²) < 4.78 is 10.6. The highest BCUT2D eigenvalue weighted by atomic mass is 16.5. The summed E-state index contributed by atoms with van der Waals surface area (Å²) in [4.78, 5) is 39.6. The molecule has 0 radical (unpaired) electrons. The number of carbonyl (C=O) groups excluding carboxylic acids is 3. The number of likely N-dealkylation sites (tertiary alicyclic amines) is 1. The molecule has 1 amide bonds. The molecule has 2 fully saturated rings. The van der Waals surface area contributed by atoms with Crippen molar-refractivity contribution < 1.29 is 29.0 Å². The number of aliphatic hydroxyl groups is 1. The number of amides is 1. The lowest BCUT2D eigenvalue weighted by Crippen LogP contribution is -2.56. The van der Waals surface area contributed by atoms with Gasteiger partial charge in [-0.25, -0.2) is 4.79 Å². The van der Waals surface area contributed by atoms with Crippen LogP contribution in [-0.4, -0.2) is 59.6 Å². The van der Waals surface area contributed by atoms with E-state index >= 15 is 0 Å². The van der Waals surface area contributed by atoms with Crippen molar-refractivity contribution in [2.75, 3.05) is 20.3 Å². The van der Waals surface area contributed by atoms with Crippen molar-refractivity contribution in [1.29, 1.82) is 0 Å². The number of rotatable bonds is 8. The van der Waals surface area contributed by atoms with Crippen molar-refractivity contribution in [3.05, 3.63) is 29.8 Å². The minimum absolute atomic E-state index is 0.251. The second-order valence-electron chi connectivity index (χ2n) is 8.55. The van der Waals surface area contributed by atoms with Gasteiger partial charge in [-0.3, -0.25) is 9.59 Å². The van der Waals surface area contributed by atoms with Crippen LogP contribution < -0.4 is 4.74 Å². The van der Waals surface area contributed by atoms with Crippen molar-refractivity contribution in [1.82, 2.24) is 4.90 Å². The molecule has 1 aromatic rings. The average Bonchev–Trinajstić information content (AvgIpc) is 2.81. The van der Waals surface area contributed by atoms with E-state index in [9.17, 15) is 19.5 Å². The monoisotopic (exact) mass is 431 g/mol. The van der Waals surface area contributed by atoms with Gasteiger partial charge in [-0.2, -0.15) is 0 Å². The zero-order chi connectivity index (χ0) is 22.3. The van der Waals surface area contributed by atoms with Gasteiger partial charge >= 0.3 is 5.97 Å². The molecule has 3 rings (SSSR count). The van der Waals surface area contributed by atoms with Gasteiger partial charge in [0.1, 0.15) is 17.4 Å². The Hall–Kier alpha value is -2.41. The number of benzene rings is 1. The smallest absolute Gasteiger partial charge is 0.328 e. The Morgan fingerprint density at radius 3 is 2.45 bits per heavy atom. The Balaban J connectivity index is 1.52. The van der Waals surface area contributed by atoms with Gasteiger partial charge in [0.2, 0.25) is 0 Å². The molecule has 1 aliphatic heterocycles. The summed E-state index contributed by atoms with van der Waals surface area (Å²) in [6.45, 7) is 0.591. The van der Waals surface area contributed by atoms with Crippen molar-refractivity contribution in [3.63, 3.8) is 0 Å². The lowest BCUT2D eigenvalue weighted by molar-refractivity contribution is -0.164. The highest BCUT2D eigenvalue weighted by Crippen LogP contribution is 2.30. The Labute approximate surface area is 183 Å². The number of piperidine rings is 1. The number of ether oxygens (including phenoxy) is 2. The van der Waals surface area contributed by atoms with Gasteiger partial charge in [-0.15, -0.1) is 0 Å². The Morgan fingerprint density at radius 2 is 1.77 bits per heavy atom. The Bertz CT molecular complexity index is 769. The van der Waals surface area contributed by atoms with E-state index in [2.05, 4.69) is 0 Å². The van der Waals surface area contributed by atoms with Crippen LogP contribution in [-0.2, 0) is 25.5 Å². The number of esters is 1. The molecule has 170 valence electrons. The summed E-state index contributed by atoms with van der Waals surface area (Å²) in [5.74, 6) is -1.19. The molecular weight excluding hydrogens is 398 g/mol. The predicted molar refractivity (Wildman–Crippen MR) is 115 cm³/mol. The third-order valence-electron chi connectivity index (χ3n) is 6.35. The number of carbonyl (C=O) groups is 3. The average molecular weight is 432 g/mol. The minimum Gasteiger partial charge on any atom is -0.497 e. The van der Waals surface area contributed by atoms with E-state index in [0.29, 0.717) is 32.2 Å². The van der Waals surface area contributed by atoms with E-state index < -0.39 is 29.3 Å². The fraction of sp³-hybridized carbons (Fsp3) is 0.625. The van der Waals surface area contributed by atoms with Crippen molar-refractivity contribution in [2.24, 2.45) is 0 Å². The van der Waals surface area contributed by atoms with E-state index in [1.165, 1.54) is 4.90 Å². The van der Waals surface area contributed by atoms with Crippen molar-refractivity contribution in [2.45, 2.75) is 75.9 Å². The molecule has 1 unspecified atom stereocenters. The van der Waals surface area contributed by atoms with Crippen LogP contribution in [0.3, 0.4) is 0 Å². The Morgan fingerprint density at radius 1 is 1.06 bits per heavy atom. The number of aryl methyl sites for hydroxylation is 1. The molecule has 1 aliphatic carbocycles. The number of hydrogen-bond donors (Lipinski definition) is 1. The summed E-state index contributed by atoms with van der Waals surface area (Å²) in [6.07, 6.45) is 6.48. The molecule has 7 nitrogen and oxygen atoms in total. The van der Waals surface area contributed by atoms with Crippen LogP contribution in [0.2, 0.25) is 0 Å². The number of nitrogens with zero attached hydrogens (tertiary/aromatic N) is 1. The lowest BCUT2D eigenvalue weighted by Gasteiger charge is -2.36. The van der Waals surface area contributed by atoms with Crippen LogP contribution >= 0.6 is 0 Å². The number of methoxy groups -OCH3 is 1. The molecule has 2 aliphatic rings. The molecule has 0 aromatic heterocycles. The van der Waals surface area contributed by atoms with E-state index in [1.807, 2.05) is 24.3 Å². The van der Waals surface area contributed by atoms with Crippen molar-refractivity contribution in [3.8, 4) is 5.75 Å². The molecular formula is C24H33NO6. The normalized spacial score (nSPS) is 20.7. The first-order valence-electron chi connectivity index (χ1n) is 11.3. The summed E-state index contributed by atoms with van der Waals surface area (Å²) >= 11 is 0. The molecule has 1 N–H and O–H groups in total. The van der Waals surface area contributed by atoms with Crippen LogP contribution in [0.25, 0.3) is 0 Å². The van der Waals surface area contributed by atoms with Gasteiger partial charge in [0.05, 0.1) is 13.7 Å². The quantitative estimate of drug-likeness (QED) is 0.387. The largest absolute Gasteiger partial charge is 0.497 e. The molecule has 0 spiro atoms. The highest BCUT2D eigenvalue weighted by molar-refractivity contribution is 6.39. The maximum atomic E-state index is 12.9. The van der Waals surface area contributed by atoms with Crippen LogP contribution in [0.1, 0.15) is 63.4 Å². The molecule has 31 heavy (non-hydrogen) atoms. The number of ketones is 1. The first kappa shape index (κ1) is 23.3. The summed E-state index contributed by atoms with van der Waals surface area (Å²) in [7, 11) is 1.62. The van der Waals surface area contributed by atoms with E-state index in [-0.39, 0.29) is 6.61 Å². The predicted octanol–water partition coefficient (Wildman–Crippen LogP) is 2.82. The fourth-order valence-electron chi connectivity index (χ4n) is 4.45. The van der Waals surface area contributed by atoms with Gasteiger partial charge in [-0.05, 0) is 62.6 Å². The SMILES string of the molecule is COc1ccc(CCCOC(=O)C2CCCCN2C(=O)C(=O)C2(O)CCCCC2)cc1. The first-order chi connectivity index (χ1) is 14.9. The third kappa shape index (κ3) is 5.85. The summed E-state index contributed by atoms with van der Waals surface area (Å²) in [5.41, 5.74) is -0.461. The van der Waals surface area contributed by atoms with Gasteiger partial charge in [0, 0.05) is 6.54 Å². The summed E-state index contributed by atoms with van der Waals surface area (Å²) in [6, 6.07) is 6.99. The molecule has 1 aromatic carbocycles. The van der Waals surface area contributed by atoms with E-state index in [1.54, 1.807) is 7.11 Å². The van der Waals surface area contributed by atoms with Gasteiger partial charge in [0.25, 0.3) is 11.7 Å². The Kier molecular flexibility index (Phi) is 8.07. The lowest BCUT2D eigenvalue weighted by atomic mass is 9.81. The zero-order valence-corrected chi connectivity index (χ0v) is 18.3.